The van der Waals surface area contributed by atoms with Gasteiger partial charge in [-0.25, -0.2) is 0 Å². The van der Waals surface area contributed by atoms with Crippen LogP contribution in [0.15, 0.2) is 48.5 Å². The molecule has 0 bridgehead atoms. The van der Waals surface area contributed by atoms with Gasteiger partial charge in [-0.05, 0) is 19.1 Å². The van der Waals surface area contributed by atoms with Gasteiger partial charge in [-0.1, -0.05) is 48.0 Å². The van der Waals surface area contributed by atoms with Crippen molar-refractivity contribution >= 4 is 28.4 Å². The number of benzene rings is 2. The van der Waals surface area contributed by atoms with E-state index in [1.807, 2.05) is 31.2 Å². The zero-order valence-corrected chi connectivity index (χ0v) is 13.4. The molecule has 1 heterocycles. The molecule has 23 heavy (non-hydrogen) atoms. The van der Waals surface area contributed by atoms with Gasteiger partial charge in [-0.2, -0.15) is 0 Å². The molecule has 1 atom stereocenters. The van der Waals surface area contributed by atoms with Crippen molar-refractivity contribution in [3.05, 3.63) is 70.4 Å². The van der Waals surface area contributed by atoms with Crippen LogP contribution in [0.5, 0.6) is 0 Å². The number of halogens is 1. The van der Waals surface area contributed by atoms with E-state index in [-0.39, 0.29) is 12.5 Å². The van der Waals surface area contributed by atoms with E-state index in [1.165, 1.54) is 0 Å². The minimum atomic E-state index is -0.849. The number of aromatic amines is 1. The number of aliphatic hydroxyl groups excluding tert-OH is 1. The summed E-state index contributed by atoms with van der Waals surface area (Å²) in [4.78, 5) is 15.7. The number of para-hydroxylation sites is 1. The molecule has 3 N–H and O–H groups in total. The minimum absolute atomic E-state index is 0.0987. The standard InChI is InChI=1S/C18H17ClN2O2/c1-11-17(13-7-3-5-9-15(13)21-11)18(23)20-10-16(22)12-6-2-4-8-14(12)19/h2-9,16,21-22H,10H2,1H3,(H,20,23). The van der Waals surface area contributed by atoms with Crippen molar-refractivity contribution in [3.8, 4) is 0 Å². The van der Waals surface area contributed by atoms with Gasteiger partial charge in [0.2, 0.25) is 0 Å². The number of aromatic nitrogens is 1. The Morgan fingerprint density at radius 3 is 2.70 bits per heavy atom. The summed E-state index contributed by atoms with van der Waals surface area (Å²) in [6.07, 6.45) is -0.849. The Bertz CT molecular complexity index is 857. The summed E-state index contributed by atoms with van der Waals surface area (Å²) in [5.74, 6) is -0.217. The van der Waals surface area contributed by atoms with Gasteiger partial charge in [0.15, 0.2) is 0 Å². The van der Waals surface area contributed by atoms with Crippen LogP contribution < -0.4 is 5.32 Å². The van der Waals surface area contributed by atoms with Crippen molar-refractivity contribution in [3.63, 3.8) is 0 Å². The first-order valence-electron chi connectivity index (χ1n) is 7.36. The quantitative estimate of drug-likeness (QED) is 0.685. The Hall–Kier alpha value is -2.30. The molecule has 4 nitrogen and oxygen atoms in total. The van der Waals surface area contributed by atoms with E-state index in [0.29, 0.717) is 16.1 Å². The van der Waals surface area contributed by atoms with Gasteiger partial charge in [-0.15, -0.1) is 0 Å². The van der Waals surface area contributed by atoms with Crippen molar-refractivity contribution < 1.29 is 9.90 Å². The normalized spacial score (nSPS) is 12.3. The first kappa shape index (κ1) is 15.6. The zero-order valence-electron chi connectivity index (χ0n) is 12.6. The first-order valence-corrected chi connectivity index (χ1v) is 7.73. The monoisotopic (exact) mass is 328 g/mol. The second-order valence-electron chi connectivity index (χ2n) is 5.42. The lowest BCUT2D eigenvalue weighted by molar-refractivity contribution is 0.0917. The van der Waals surface area contributed by atoms with Crippen LogP contribution in [0.25, 0.3) is 10.9 Å². The molecule has 1 amide bonds. The second-order valence-corrected chi connectivity index (χ2v) is 5.83. The van der Waals surface area contributed by atoms with Crippen LogP contribution in [-0.4, -0.2) is 22.5 Å². The SMILES string of the molecule is Cc1[nH]c2ccccc2c1C(=O)NCC(O)c1ccccc1Cl. The highest BCUT2D eigenvalue weighted by Crippen LogP contribution is 2.23. The van der Waals surface area contributed by atoms with Gasteiger partial charge in [0.05, 0.1) is 11.7 Å². The van der Waals surface area contributed by atoms with E-state index in [1.54, 1.807) is 24.3 Å². The smallest absolute Gasteiger partial charge is 0.253 e. The summed E-state index contributed by atoms with van der Waals surface area (Å²) in [5.41, 5.74) is 2.93. The molecule has 3 aromatic rings. The second kappa shape index (κ2) is 6.44. The molecule has 2 aromatic carbocycles. The summed E-state index contributed by atoms with van der Waals surface area (Å²) < 4.78 is 0. The van der Waals surface area contributed by atoms with Gasteiger partial charge in [0.1, 0.15) is 0 Å². The molecule has 0 aliphatic carbocycles. The van der Waals surface area contributed by atoms with Crippen LogP contribution in [0, 0.1) is 6.92 Å². The number of nitrogens with one attached hydrogen (secondary N) is 2. The molecule has 0 saturated carbocycles. The van der Waals surface area contributed by atoms with Crippen molar-refractivity contribution in [1.82, 2.24) is 10.3 Å². The molecule has 1 aromatic heterocycles. The fourth-order valence-electron chi connectivity index (χ4n) is 2.70. The average Bonchev–Trinajstić information content (AvgIpc) is 2.88. The highest BCUT2D eigenvalue weighted by molar-refractivity contribution is 6.31. The minimum Gasteiger partial charge on any atom is -0.387 e. The molecule has 118 valence electrons. The highest BCUT2D eigenvalue weighted by Gasteiger charge is 2.17. The number of carbonyl (C=O) groups excluding carboxylic acids is 1. The highest BCUT2D eigenvalue weighted by atomic mass is 35.5. The third-order valence-corrected chi connectivity index (χ3v) is 4.19. The number of fused-ring (bicyclic) bond motifs is 1. The molecule has 0 spiro atoms. The number of aryl methyl sites for hydroxylation is 1. The Kier molecular flexibility index (Phi) is 4.37. The van der Waals surface area contributed by atoms with Crippen LogP contribution in [-0.2, 0) is 0 Å². The van der Waals surface area contributed by atoms with Gasteiger partial charge in [0.25, 0.3) is 5.91 Å². The van der Waals surface area contributed by atoms with E-state index in [2.05, 4.69) is 10.3 Å². The number of hydrogen-bond donors (Lipinski definition) is 3. The van der Waals surface area contributed by atoms with Crippen LogP contribution >= 0.6 is 11.6 Å². The summed E-state index contributed by atoms with van der Waals surface area (Å²) in [6, 6.07) is 14.7. The van der Waals surface area contributed by atoms with Crippen molar-refractivity contribution in [2.75, 3.05) is 6.54 Å². The van der Waals surface area contributed by atoms with Gasteiger partial charge >= 0.3 is 0 Å². The van der Waals surface area contributed by atoms with Crippen molar-refractivity contribution in [2.24, 2.45) is 0 Å². The molecule has 3 rings (SSSR count). The van der Waals surface area contributed by atoms with Gasteiger partial charge in [0, 0.05) is 33.7 Å². The number of rotatable bonds is 4. The molecule has 0 aliphatic rings. The lowest BCUT2D eigenvalue weighted by Crippen LogP contribution is -2.28. The molecule has 1 unspecified atom stereocenters. The zero-order chi connectivity index (χ0) is 16.4. The van der Waals surface area contributed by atoms with Gasteiger partial charge < -0.3 is 15.4 Å². The Morgan fingerprint density at radius 2 is 1.91 bits per heavy atom. The third kappa shape index (κ3) is 3.09. The summed E-state index contributed by atoms with van der Waals surface area (Å²) in [6.45, 7) is 1.96. The molecule has 0 saturated heterocycles. The van der Waals surface area contributed by atoms with Gasteiger partial charge in [-0.3, -0.25) is 4.79 Å². The van der Waals surface area contributed by atoms with Crippen molar-refractivity contribution in [2.45, 2.75) is 13.0 Å². The maximum atomic E-state index is 12.5. The largest absolute Gasteiger partial charge is 0.387 e. The molecular weight excluding hydrogens is 312 g/mol. The number of amides is 1. The maximum Gasteiger partial charge on any atom is 0.253 e. The molecule has 0 radical (unpaired) electrons. The van der Waals surface area contributed by atoms with E-state index in [0.717, 1.165) is 16.6 Å². The average molecular weight is 329 g/mol. The van der Waals surface area contributed by atoms with E-state index in [9.17, 15) is 9.90 Å². The van der Waals surface area contributed by atoms with Crippen molar-refractivity contribution in [1.29, 1.82) is 0 Å². The van der Waals surface area contributed by atoms with Crippen LogP contribution in [0.4, 0.5) is 0 Å². The number of hydrogen-bond acceptors (Lipinski definition) is 2. The number of H-pyrrole nitrogens is 1. The lowest BCUT2D eigenvalue weighted by Gasteiger charge is -2.13. The lowest BCUT2D eigenvalue weighted by atomic mass is 10.1. The maximum absolute atomic E-state index is 12.5. The predicted molar refractivity (Wildman–Crippen MR) is 91.8 cm³/mol. The third-order valence-electron chi connectivity index (χ3n) is 3.84. The first-order chi connectivity index (χ1) is 11.1. The summed E-state index contributed by atoms with van der Waals surface area (Å²) >= 11 is 6.06. The fraction of sp³-hybridized carbons (Fsp3) is 0.167. The fourth-order valence-corrected chi connectivity index (χ4v) is 2.96. The molecule has 0 fully saturated rings. The summed E-state index contributed by atoms with van der Waals surface area (Å²) in [5, 5.41) is 14.4. The van der Waals surface area contributed by atoms with E-state index < -0.39 is 6.10 Å². The Balaban J connectivity index is 1.77. The topological polar surface area (TPSA) is 65.1 Å². The number of carbonyl (C=O) groups is 1. The Labute approximate surface area is 139 Å². The van der Waals surface area contributed by atoms with Crippen LogP contribution in [0.2, 0.25) is 5.02 Å². The van der Waals surface area contributed by atoms with E-state index in [4.69, 9.17) is 11.6 Å². The van der Waals surface area contributed by atoms with Crippen LogP contribution in [0.1, 0.15) is 27.7 Å². The number of aliphatic hydroxyl groups is 1. The molecule has 0 aliphatic heterocycles. The predicted octanol–water partition coefficient (Wildman–Crippen LogP) is 3.59. The molecule has 5 heteroatoms. The Morgan fingerprint density at radius 1 is 1.22 bits per heavy atom. The van der Waals surface area contributed by atoms with E-state index >= 15 is 0 Å². The summed E-state index contributed by atoms with van der Waals surface area (Å²) in [7, 11) is 0. The van der Waals surface area contributed by atoms with Crippen LogP contribution in [0.3, 0.4) is 0 Å². The molecular formula is C18H17ClN2O2.